The predicted octanol–water partition coefficient (Wildman–Crippen LogP) is 15.8. The van der Waals surface area contributed by atoms with Crippen LogP contribution in [0.25, 0.3) is 109 Å². The molecule has 0 saturated heterocycles. The van der Waals surface area contributed by atoms with E-state index >= 15 is 0 Å². The van der Waals surface area contributed by atoms with Crippen molar-refractivity contribution in [3.63, 3.8) is 0 Å². The summed E-state index contributed by atoms with van der Waals surface area (Å²) in [5.41, 5.74) is 12.3. The minimum atomic E-state index is 1.21. The predicted molar refractivity (Wildman–Crippen MR) is 241 cm³/mol. The average Bonchev–Trinajstić information content (AvgIpc) is 3.27. The summed E-state index contributed by atoms with van der Waals surface area (Å²) < 4.78 is 0. The molecular weight excluding hydrogens is 673 g/mol. The second kappa shape index (κ2) is 13.2. The molecule has 0 N–H and O–H groups in total. The highest BCUT2D eigenvalue weighted by atomic mass is 14.2. The Morgan fingerprint density at radius 1 is 0.179 bits per heavy atom. The number of fused-ring (bicyclic) bond motifs is 5. The van der Waals surface area contributed by atoms with Crippen molar-refractivity contribution in [3.8, 4) is 55.6 Å². The highest BCUT2D eigenvalue weighted by molar-refractivity contribution is 6.22. The van der Waals surface area contributed by atoms with E-state index in [2.05, 4.69) is 218 Å². The molecule has 0 heterocycles. The molecule has 11 rings (SSSR count). The molecule has 56 heavy (non-hydrogen) atoms. The Morgan fingerprint density at radius 3 is 0.875 bits per heavy atom. The molecule has 0 nitrogen and oxygen atoms in total. The Bertz CT molecular complexity index is 3120. The van der Waals surface area contributed by atoms with Crippen molar-refractivity contribution in [3.05, 3.63) is 218 Å². The maximum atomic E-state index is 2.42. The number of benzene rings is 11. The summed E-state index contributed by atoms with van der Waals surface area (Å²) >= 11 is 0. The molecule has 0 heteroatoms. The number of hydrogen-bond acceptors (Lipinski definition) is 0. The van der Waals surface area contributed by atoms with Crippen molar-refractivity contribution in [1.29, 1.82) is 0 Å². The molecule has 0 saturated carbocycles. The van der Waals surface area contributed by atoms with Gasteiger partial charge in [0.25, 0.3) is 0 Å². The van der Waals surface area contributed by atoms with E-state index in [9.17, 15) is 0 Å². The fraction of sp³-hybridized carbons (Fsp3) is 0. The van der Waals surface area contributed by atoms with Crippen molar-refractivity contribution >= 4 is 53.9 Å². The minimum Gasteiger partial charge on any atom is -0.0616 e. The molecule has 0 fully saturated rings. The van der Waals surface area contributed by atoms with Crippen LogP contribution in [-0.2, 0) is 0 Å². The second-order valence-corrected chi connectivity index (χ2v) is 14.8. The normalized spacial score (nSPS) is 11.6. The van der Waals surface area contributed by atoms with E-state index in [0.717, 1.165) is 0 Å². The quantitative estimate of drug-likeness (QED) is 0.156. The Kier molecular flexibility index (Phi) is 7.60. The first kappa shape index (κ1) is 32.2. The molecule has 0 aliphatic rings. The highest BCUT2D eigenvalue weighted by Crippen LogP contribution is 2.46. The molecule has 0 atom stereocenters. The number of rotatable bonds is 5. The van der Waals surface area contributed by atoms with Crippen LogP contribution in [0.1, 0.15) is 0 Å². The molecule has 0 radical (unpaired) electrons. The van der Waals surface area contributed by atoms with Gasteiger partial charge < -0.3 is 0 Å². The summed E-state index contributed by atoms with van der Waals surface area (Å²) in [4.78, 5) is 0. The summed E-state index contributed by atoms with van der Waals surface area (Å²) in [6.45, 7) is 0. The lowest BCUT2D eigenvalue weighted by Crippen LogP contribution is -1.93. The van der Waals surface area contributed by atoms with Gasteiger partial charge in [0.1, 0.15) is 0 Å². The third-order valence-electron chi connectivity index (χ3n) is 11.6. The van der Waals surface area contributed by atoms with E-state index in [1.54, 1.807) is 0 Å². The van der Waals surface area contributed by atoms with Gasteiger partial charge in [0.05, 0.1) is 0 Å². The molecule has 0 aromatic heterocycles. The monoisotopic (exact) mass is 708 g/mol. The minimum absolute atomic E-state index is 1.21. The average molecular weight is 709 g/mol. The Balaban J connectivity index is 1.17. The molecule has 11 aromatic rings. The zero-order chi connectivity index (χ0) is 37.0. The Labute approximate surface area is 326 Å². The van der Waals surface area contributed by atoms with Crippen molar-refractivity contribution in [1.82, 2.24) is 0 Å². The summed E-state index contributed by atoms with van der Waals surface area (Å²) in [5.74, 6) is 0. The first-order chi connectivity index (χ1) is 27.8. The van der Waals surface area contributed by atoms with Gasteiger partial charge in [-0.3, -0.25) is 0 Å². The summed E-state index contributed by atoms with van der Waals surface area (Å²) in [7, 11) is 0. The Hall–Kier alpha value is -7.28. The fourth-order valence-corrected chi connectivity index (χ4v) is 9.08. The SMILES string of the molecule is c1ccc2c(-c3ccc(-c4c5ccccc5c(-c5cc(-c6cccc7ccccc67)cc(-c6cccc7ccccc67)c5)c5ccccc45)cc3)cccc2c1. The maximum Gasteiger partial charge on any atom is -0.00259 e. The van der Waals surface area contributed by atoms with Crippen LogP contribution in [0.3, 0.4) is 0 Å². The van der Waals surface area contributed by atoms with Gasteiger partial charge in [-0.1, -0.05) is 200 Å². The lowest BCUT2D eigenvalue weighted by molar-refractivity contribution is 1.61. The molecule has 0 aliphatic heterocycles. The van der Waals surface area contributed by atoms with Crippen LogP contribution in [-0.4, -0.2) is 0 Å². The van der Waals surface area contributed by atoms with Gasteiger partial charge in [-0.2, -0.15) is 0 Å². The van der Waals surface area contributed by atoms with E-state index in [1.807, 2.05) is 0 Å². The summed E-state index contributed by atoms with van der Waals surface area (Å²) in [6, 6.07) is 80.5. The molecule has 11 aromatic carbocycles. The van der Waals surface area contributed by atoms with Crippen molar-refractivity contribution in [2.75, 3.05) is 0 Å². The van der Waals surface area contributed by atoms with Gasteiger partial charge >= 0.3 is 0 Å². The summed E-state index contributed by atoms with van der Waals surface area (Å²) in [5, 5.41) is 12.5. The molecule has 0 unspecified atom stereocenters. The van der Waals surface area contributed by atoms with E-state index in [-0.39, 0.29) is 0 Å². The molecule has 260 valence electrons. The molecule has 0 amide bonds. The van der Waals surface area contributed by atoms with Crippen LogP contribution >= 0.6 is 0 Å². The topological polar surface area (TPSA) is 0 Å². The van der Waals surface area contributed by atoms with Crippen molar-refractivity contribution < 1.29 is 0 Å². The lowest BCUT2D eigenvalue weighted by Gasteiger charge is -2.20. The van der Waals surface area contributed by atoms with Gasteiger partial charge in [0.15, 0.2) is 0 Å². The van der Waals surface area contributed by atoms with Crippen LogP contribution in [0.4, 0.5) is 0 Å². The summed E-state index contributed by atoms with van der Waals surface area (Å²) in [6.07, 6.45) is 0. The molecule has 0 bridgehead atoms. The van der Waals surface area contributed by atoms with Gasteiger partial charge in [0.2, 0.25) is 0 Å². The zero-order valence-electron chi connectivity index (χ0n) is 30.8. The van der Waals surface area contributed by atoms with E-state index in [1.165, 1.54) is 109 Å². The first-order valence-corrected chi connectivity index (χ1v) is 19.4. The fourth-order valence-electron chi connectivity index (χ4n) is 9.08. The van der Waals surface area contributed by atoms with E-state index in [0.29, 0.717) is 0 Å². The lowest BCUT2D eigenvalue weighted by atomic mass is 9.83. The maximum absolute atomic E-state index is 2.42. The van der Waals surface area contributed by atoms with Gasteiger partial charge in [-0.15, -0.1) is 0 Å². The molecular formula is C56H36. The largest absolute Gasteiger partial charge is 0.0616 e. The molecule has 0 spiro atoms. The highest BCUT2D eigenvalue weighted by Gasteiger charge is 2.19. The standard InChI is InChI=1S/C56H36/c1-4-20-45-37(14-1)17-11-27-48(45)40-30-32-41(33-31-40)55-51-23-7-9-25-53(51)56(54-26-10-8-24-52(54)55)44-35-42(49-28-12-18-38-15-2-5-21-46(38)49)34-43(36-44)50-29-13-19-39-16-3-6-22-47(39)50/h1-36H. The van der Waals surface area contributed by atoms with Gasteiger partial charge in [-0.05, 0) is 128 Å². The van der Waals surface area contributed by atoms with Crippen LogP contribution in [0.15, 0.2) is 218 Å². The van der Waals surface area contributed by atoms with Gasteiger partial charge in [-0.25, -0.2) is 0 Å². The molecule has 0 aliphatic carbocycles. The van der Waals surface area contributed by atoms with E-state index in [4.69, 9.17) is 0 Å². The third kappa shape index (κ3) is 5.30. The van der Waals surface area contributed by atoms with Crippen LogP contribution < -0.4 is 0 Å². The Morgan fingerprint density at radius 2 is 0.464 bits per heavy atom. The van der Waals surface area contributed by atoms with Gasteiger partial charge in [0, 0.05) is 0 Å². The zero-order valence-corrected chi connectivity index (χ0v) is 30.8. The van der Waals surface area contributed by atoms with Crippen LogP contribution in [0.5, 0.6) is 0 Å². The van der Waals surface area contributed by atoms with E-state index < -0.39 is 0 Å². The van der Waals surface area contributed by atoms with Crippen molar-refractivity contribution in [2.24, 2.45) is 0 Å². The van der Waals surface area contributed by atoms with Crippen molar-refractivity contribution in [2.45, 2.75) is 0 Å². The smallest absolute Gasteiger partial charge is 0.00259 e. The van der Waals surface area contributed by atoms with Crippen LogP contribution in [0.2, 0.25) is 0 Å². The van der Waals surface area contributed by atoms with Crippen LogP contribution in [0, 0.1) is 0 Å². The third-order valence-corrected chi connectivity index (χ3v) is 11.6. The first-order valence-electron chi connectivity index (χ1n) is 19.4. The second-order valence-electron chi connectivity index (χ2n) is 14.8. The number of hydrogen-bond donors (Lipinski definition) is 0.